The fraction of sp³-hybridized carbons (Fsp3) is 0.333. The van der Waals surface area contributed by atoms with Gasteiger partial charge in [-0.2, -0.15) is 0 Å². The summed E-state index contributed by atoms with van der Waals surface area (Å²) < 4.78 is 5.69. The molecule has 1 amide bonds. The second kappa shape index (κ2) is 11.9. The number of rotatable bonds is 10. The van der Waals surface area contributed by atoms with Crippen molar-refractivity contribution in [1.82, 2.24) is 5.32 Å². The number of nitrogens with two attached hydrogens (primary N) is 2. The lowest BCUT2D eigenvalue weighted by molar-refractivity contribution is -0.141. The first-order valence-corrected chi connectivity index (χ1v) is 11.7. The Morgan fingerprint density at radius 3 is 2.54 bits per heavy atom. The molecule has 0 bridgehead atoms. The van der Waals surface area contributed by atoms with Gasteiger partial charge in [0.1, 0.15) is 5.75 Å². The van der Waals surface area contributed by atoms with Crippen molar-refractivity contribution in [2.45, 2.75) is 31.6 Å². The number of aliphatic imine (C=N–C) groups is 1. The summed E-state index contributed by atoms with van der Waals surface area (Å²) >= 11 is 12.1. The number of ketones is 1. The summed E-state index contributed by atoms with van der Waals surface area (Å²) in [6.45, 7) is 0.329. The fourth-order valence-electron chi connectivity index (χ4n) is 3.94. The number of ether oxygens (including phenoxy) is 1. The maximum Gasteiger partial charge on any atom is 0.308 e. The third kappa shape index (κ3) is 7.10. The quantitative estimate of drug-likeness (QED) is 0.211. The summed E-state index contributed by atoms with van der Waals surface area (Å²) in [5.41, 5.74) is 12.5. The highest BCUT2D eigenvalue weighted by Crippen LogP contribution is 2.38. The van der Waals surface area contributed by atoms with Gasteiger partial charge in [-0.1, -0.05) is 29.3 Å². The summed E-state index contributed by atoms with van der Waals surface area (Å²) in [5.74, 6) is -2.42. The van der Waals surface area contributed by atoms with E-state index in [4.69, 9.17) is 39.4 Å². The Kier molecular flexibility index (Phi) is 8.95. The van der Waals surface area contributed by atoms with Crippen LogP contribution in [-0.4, -0.2) is 41.9 Å². The number of hydrogen-bond acceptors (Lipinski definition) is 5. The van der Waals surface area contributed by atoms with E-state index >= 15 is 0 Å². The maximum atomic E-state index is 12.6. The van der Waals surface area contributed by atoms with Gasteiger partial charge in [0.15, 0.2) is 11.7 Å². The van der Waals surface area contributed by atoms with Gasteiger partial charge in [0, 0.05) is 19.4 Å². The molecule has 2 atom stereocenters. The van der Waals surface area contributed by atoms with Gasteiger partial charge in [0.2, 0.25) is 5.91 Å². The van der Waals surface area contributed by atoms with Crippen LogP contribution in [0.5, 0.6) is 5.75 Å². The number of carboxylic acid groups (broad SMARTS) is 1. The Hall–Kier alpha value is -3.30. The topological polar surface area (TPSA) is 157 Å². The second-order valence-corrected chi connectivity index (χ2v) is 9.01. The predicted octanol–water partition coefficient (Wildman–Crippen LogP) is 3.63. The monoisotopic (exact) mass is 520 g/mol. The molecule has 1 unspecified atom stereocenters. The smallest absolute Gasteiger partial charge is 0.308 e. The Morgan fingerprint density at radius 2 is 1.89 bits per heavy atom. The molecule has 2 aromatic rings. The molecule has 0 fully saturated rings. The first kappa shape index (κ1) is 26.3. The molecule has 0 radical (unpaired) electrons. The minimum Gasteiger partial charge on any atom is -0.493 e. The van der Waals surface area contributed by atoms with Gasteiger partial charge in [-0.15, -0.1) is 0 Å². The number of carbonyl (C=O) groups is 3. The number of carboxylic acids is 1. The number of halogens is 2. The van der Waals surface area contributed by atoms with E-state index in [9.17, 15) is 19.5 Å². The Morgan fingerprint density at radius 1 is 1.17 bits per heavy atom. The van der Waals surface area contributed by atoms with Crippen LogP contribution in [0.25, 0.3) is 0 Å². The van der Waals surface area contributed by atoms with E-state index < -0.39 is 17.7 Å². The number of nitrogens with one attached hydrogen (secondary N) is 1. The molecule has 186 valence electrons. The summed E-state index contributed by atoms with van der Waals surface area (Å²) in [7, 11) is 0. The third-order valence-electron chi connectivity index (χ3n) is 5.70. The SMILES string of the molecule is NC(N)=Nc1ccc2c(c1)C(CCC(=O)NC[C@H](CC(=O)c1c(Cl)cccc1Cl)C(=O)O)CCO2. The van der Waals surface area contributed by atoms with E-state index in [2.05, 4.69) is 10.3 Å². The van der Waals surface area contributed by atoms with Crippen LogP contribution in [0, 0.1) is 5.92 Å². The average molecular weight is 521 g/mol. The van der Waals surface area contributed by atoms with Crippen LogP contribution in [0.2, 0.25) is 10.0 Å². The number of fused-ring (bicyclic) bond motifs is 1. The van der Waals surface area contributed by atoms with Crippen LogP contribution in [0.1, 0.15) is 47.5 Å². The predicted molar refractivity (Wildman–Crippen MR) is 134 cm³/mol. The average Bonchev–Trinajstić information content (AvgIpc) is 2.79. The number of nitrogens with zero attached hydrogens (tertiary/aromatic N) is 1. The highest BCUT2D eigenvalue weighted by Gasteiger charge is 2.26. The minimum absolute atomic E-state index is 0.0536. The molecule has 6 N–H and O–H groups in total. The molecule has 35 heavy (non-hydrogen) atoms. The highest BCUT2D eigenvalue weighted by molar-refractivity contribution is 6.39. The number of aliphatic carboxylic acids is 1. The van der Waals surface area contributed by atoms with E-state index in [1.807, 2.05) is 6.07 Å². The van der Waals surface area contributed by atoms with Crippen LogP contribution < -0.4 is 21.5 Å². The molecule has 1 heterocycles. The number of carbonyl (C=O) groups excluding carboxylic acids is 2. The molecule has 0 aliphatic carbocycles. The van der Waals surface area contributed by atoms with Gasteiger partial charge < -0.3 is 26.6 Å². The fourth-order valence-corrected chi connectivity index (χ4v) is 4.55. The molecular formula is C24H26Cl2N4O5. The van der Waals surface area contributed by atoms with Crippen molar-refractivity contribution < 1.29 is 24.2 Å². The standard InChI is InChI=1S/C24H26Cl2N4O5/c25-17-2-1-3-18(26)22(17)19(31)10-14(23(33)34)12-29-21(32)7-4-13-8-9-35-20-6-5-15(11-16(13)20)30-24(27)28/h1-3,5-6,11,13-14H,4,7-10,12H2,(H,29,32)(H,33,34)(H4,27,28,30)/t13?,14-/m0/s1. The Balaban J connectivity index is 1.57. The van der Waals surface area contributed by atoms with E-state index in [1.165, 1.54) is 12.1 Å². The van der Waals surface area contributed by atoms with Gasteiger partial charge in [-0.05, 0) is 54.7 Å². The maximum absolute atomic E-state index is 12.6. The first-order valence-electron chi connectivity index (χ1n) is 11.0. The molecule has 0 spiro atoms. The second-order valence-electron chi connectivity index (χ2n) is 8.19. The van der Waals surface area contributed by atoms with Crippen molar-refractivity contribution in [3.8, 4) is 5.75 Å². The molecule has 0 saturated carbocycles. The molecule has 2 aromatic carbocycles. The normalized spacial score (nSPS) is 15.3. The zero-order valence-corrected chi connectivity index (χ0v) is 20.3. The summed E-state index contributed by atoms with van der Waals surface area (Å²) in [4.78, 5) is 40.8. The molecular weight excluding hydrogens is 495 g/mol. The lowest BCUT2D eigenvalue weighted by Gasteiger charge is -2.26. The highest BCUT2D eigenvalue weighted by atomic mass is 35.5. The van der Waals surface area contributed by atoms with Crippen LogP contribution in [0.3, 0.4) is 0 Å². The van der Waals surface area contributed by atoms with Crippen molar-refractivity contribution in [1.29, 1.82) is 0 Å². The molecule has 0 aromatic heterocycles. The van der Waals surface area contributed by atoms with Gasteiger partial charge in [-0.3, -0.25) is 14.4 Å². The largest absolute Gasteiger partial charge is 0.493 e. The van der Waals surface area contributed by atoms with Gasteiger partial charge >= 0.3 is 5.97 Å². The number of Topliss-reactive ketones (excluding diaryl/α,β-unsaturated/α-hetero) is 1. The molecule has 11 heteroatoms. The van der Waals surface area contributed by atoms with Crippen molar-refractivity contribution in [3.63, 3.8) is 0 Å². The van der Waals surface area contributed by atoms with E-state index in [0.717, 1.165) is 17.7 Å². The lowest BCUT2D eigenvalue weighted by atomic mass is 9.88. The van der Waals surface area contributed by atoms with Gasteiger partial charge in [0.25, 0.3) is 0 Å². The van der Waals surface area contributed by atoms with Gasteiger partial charge in [0.05, 0.1) is 33.8 Å². The summed E-state index contributed by atoms with van der Waals surface area (Å²) in [6, 6.07) is 9.98. The number of guanidine groups is 1. The van der Waals surface area contributed by atoms with Crippen LogP contribution in [0.15, 0.2) is 41.4 Å². The van der Waals surface area contributed by atoms with Crippen molar-refractivity contribution in [2.24, 2.45) is 22.4 Å². The third-order valence-corrected chi connectivity index (χ3v) is 6.33. The number of amides is 1. The molecule has 1 aliphatic rings. The molecule has 0 saturated heterocycles. The Bertz CT molecular complexity index is 1130. The lowest BCUT2D eigenvalue weighted by Crippen LogP contribution is -2.34. The van der Waals surface area contributed by atoms with E-state index in [0.29, 0.717) is 18.7 Å². The zero-order valence-electron chi connectivity index (χ0n) is 18.8. The van der Waals surface area contributed by atoms with E-state index in [-0.39, 0.29) is 52.8 Å². The zero-order chi connectivity index (χ0) is 25.5. The first-order chi connectivity index (χ1) is 16.7. The van der Waals surface area contributed by atoms with Crippen molar-refractivity contribution >= 4 is 52.5 Å². The van der Waals surface area contributed by atoms with Crippen molar-refractivity contribution in [3.05, 3.63) is 57.6 Å². The Labute approximate surface area is 212 Å². The summed E-state index contributed by atoms with van der Waals surface area (Å²) in [5, 5.41) is 12.5. The van der Waals surface area contributed by atoms with Crippen LogP contribution in [-0.2, 0) is 9.59 Å². The van der Waals surface area contributed by atoms with E-state index in [1.54, 1.807) is 18.2 Å². The molecule has 9 nitrogen and oxygen atoms in total. The minimum atomic E-state index is -1.20. The molecule has 3 rings (SSSR count). The van der Waals surface area contributed by atoms with Crippen molar-refractivity contribution in [2.75, 3.05) is 13.2 Å². The van der Waals surface area contributed by atoms with Crippen LogP contribution in [0.4, 0.5) is 5.69 Å². The number of benzene rings is 2. The van der Waals surface area contributed by atoms with Crippen LogP contribution >= 0.6 is 23.2 Å². The number of hydrogen-bond donors (Lipinski definition) is 4. The van der Waals surface area contributed by atoms with Gasteiger partial charge in [-0.25, -0.2) is 4.99 Å². The summed E-state index contributed by atoms with van der Waals surface area (Å²) in [6.07, 6.45) is 1.07. The molecule has 1 aliphatic heterocycles.